The van der Waals surface area contributed by atoms with Gasteiger partial charge in [-0.1, -0.05) is 23.4 Å². The van der Waals surface area contributed by atoms with Crippen molar-refractivity contribution in [3.05, 3.63) is 53.1 Å². The zero-order valence-corrected chi connectivity index (χ0v) is 11.3. The number of allylic oxidation sites excluding steroid dienone is 2. The van der Waals surface area contributed by atoms with Crippen LogP contribution in [0.25, 0.3) is 17.7 Å². The normalized spacial score (nSPS) is 12.1. The first-order valence-corrected chi connectivity index (χ1v) is 6.29. The average Bonchev–Trinajstić information content (AvgIpc) is 3.03. The van der Waals surface area contributed by atoms with Crippen molar-refractivity contribution in [2.45, 2.75) is 13.8 Å². The van der Waals surface area contributed by atoms with Crippen molar-refractivity contribution in [3.63, 3.8) is 0 Å². The Morgan fingerprint density at radius 3 is 2.70 bits per heavy atom. The van der Waals surface area contributed by atoms with E-state index < -0.39 is 0 Å². The van der Waals surface area contributed by atoms with Crippen molar-refractivity contribution in [1.29, 1.82) is 0 Å². The van der Waals surface area contributed by atoms with E-state index in [0.29, 0.717) is 0 Å². The minimum atomic E-state index is 0.837. The maximum absolute atomic E-state index is 4.12. The summed E-state index contributed by atoms with van der Waals surface area (Å²) in [6, 6.07) is 5.99. The van der Waals surface area contributed by atoms with E-state index in [1.807, 2.05) is 60.9 Å². The van der Waals surface area contributed by atoms with Crippen LogP contribution in [0.3, 0.4) is 0 Å². The molecule has 0 bridgehead atoms. The second-order valence-corrected chi connectivity index (χ2v) is 4.44. The molecule has 100 valence electrons. The van der Waals surface area contributed by atoms with Gasteiger partial charge in [0.2, 0.25) is 0 Å². The molecule has 0 radical (unpaired) electrons. The highest BCUT2D eigenvalue weighted by atomic mass is 15.4. The molecule has 0 aliphatic heterocycles. The molecule has 0 unspecified atom stereocenters. The lowest BCUT2D eigenvalue weighted by Crippen LogP contribution is -1.92. The number of H-pyrrole nitrogens is 1. The number of aromatic nitrogens is 6. The Bertz CT molecular complexity index is 793. The van der Waals surface area contributed by atoms with E-state index in [0.717, 1.165) is 28.3 Å². The van der Waals surface area contributed by atoms with Gasteiger partial charge < -0.3 is 0 Å². The van der Waals surface area contributed by atoms with Crippen LogP contribution in [-0.2, 0) is 0 Å². The smallest absolute Gasteiger partial charge is 0.108 e. The summed E-state index contributed by atoms with van der Waals surface area (Å²) in [5.74, 6) is 0. The van der Waals surface area contributed by atoms with E-state index in [1.165, 1.54) is 0 Å². The highest BCUT2D eigenvalue weighted by Gasteiger charge is 2.02. The Kier molecular flexibility index (Phi) is 3.12. The SMILES string of the molecule is Cc1n[nH]nc1/C=C/C=C/c1cccc2c(C)nnn12. The molecule has 20 heavy (non-hydrogen) atoms. The molecule has 0 aliphatic rings. The number of nitrogens with one attached hydrogen (secondary N) is 1. The third-order valence-electron chi connectivity index (χ3n) is 3.04. The van der Waals surface area contributed by atoms with Crippen LogP contribution in [0.1, 0.15) is 22.8 Å². The lowest BCUT2D eigenvalue weighted by atomic mass is 10.2. The molecule has 3 aromatic rings. The van der Waals surface area contributed by atoms with E-state index >= 15 is 0 Å². The van der Waals surface area contributed by atoms with E-state index in [1.54, 1.807) is 0 Å². The van der Waals surface area contributed by atoms with Crippen LogP contribution in [0.5, 0.6) is 0 Å². The molecule has 3 aromatic heterocycles. The molecule has 0 amide bonds. The minimum absolute atomic E-state index is 0.837. The molecule has 0 atom stereocenters. The number of nitrogens with zero attached hydrogens (tertiary/aromatic N) is 5. The van der Waals surface area contributed by atoms with Gasteiger partial charge in [-0.25, -0.2) is 4.52 Å². The van der Waals surface area contributed by atoms with Crippen molar-refractivity contribution in [1.82, 2.24) is 30.2 Å². The number of fused-ring (bicyclic) bond motifs is 1. The monoisotopic (exact) mass is 266 g/mol. The summed E-state index contributed by atoms with van der Waals surface area (Å²) < 4.78 is 1.82. The number of pyridine rings is 1. The van der Waals surface area contributed by atoms with Crippen molar-refractivity contribution in [2.75, 3.05) is 0 Å². The third kappa shape index (κ3) is 2.23. The summed E-state index contributed by atoms with van der Waals surface area (Å²) in [7, 11) is 0. The second-order valence-electron chi connectivity index (χ2n) is 4.44. The molecule has 6 heteroatoms. The Hall–Kier alpha value is -2.76. The fraction of sp³-hybridized carbons (Fsp3) is 0.143. The summed E-state index contributed by atoms with van der Waals surface area (Å²) in [5.41, 5.74) is 4.63. The molecule has 1 N–H and O–H groups in total. The van der Waals surface area contributed by atoms with E-state index in [4.69, 9.17) is 0 Å². The van der Waals surface area contributed by atoms with Crippen LogP contribution in [-0.4, -0.2) is 30.2 Å². The quantitative estimate of drug-likeness (QED) is 0.738. The molecule has 0 aliphatic carbocycles. The van der Waals surface area contributed by atoms with Crippen molar-refractivity contribution in [3.8, 4) is 0 Å². The Balaban J connectivity index is 1.84. The van der Waals surface area contributed by atoms with Crippen LogP contribution < -0.4 is 0 Å². The van der Waals surface area contributed by atoms with Crippen LogP contribution >= 0.6 is 0 Å². The van der Waals surface area contributed by atoms with E-state index in [-0.39, 0.29) is 0 Å². The second kappa shape index (κ2) is 5.08. The molecular weight excluding hydrogens is 252 g/mol. The molecular formula is C14H14N6. The number of aromatic amines is 1. The molecule has 0 saturated heterocycles. The standard InChI is InChI=1S/C14H14N6/c1-10-13(17-18-15-10)8-4-3-6-12-7-5-9-14-11(2)16-19-20(12)14/h3-9H,1-2H3,(H,15,17,18)/b6-3+,8-4+. The number of rotatable bonds is 3. The average molecular weight is 266 g/mol. The van der Waals surface area contributed by atoms with Gasteiger partial charge in [0.15, 0.2) is 0 Å². The molecule has 3 rings (SSSR count). The zero-order valence-electron chi connectivity index (χ0n) is 11.3. The number of hydrogen-bond donors (Lipinski definition) is 1. The fourth-order valence-corrected chi connectivity index (χ4v) is 1.93. The third-order valence-corrected chi connectivity index (χ3v) is 3.04. The first-order valence-electron chi connectivity index (χ1n) is 6.29. The van der Waals surface area contributed by atoms with Gasteiger partial charge in [0, 0.05) is 0 Å². The van der Waals surface area contributed by atoms with E-state index in [9.17, 15) is 0 Å². The van der Waals surface area contributed by atoms with Gasteiger partial charge in [-0.2, -0.15) is 15.4 Å². The minimum Gasteiger partial charge on any atom is -0.213 e. The Morgan fingerprint density at radius 1 is 1.05 bits per heavy atom. The highest BCUT2D eigenvalue weighted by molar-refractivity contribution is 5.59. The molecule has 0 saturated carbocycles. The maximum Gasteiger partial charge on any atom is 0.108 e. The maximum atomic E-state index is 4.12. The predicted molar refractivity (Wildman–Crippen MR) is 76.9 cm³/mol. The summed E-state index contributed by atoms with van der Waals surface area (Å²) >= 11 is 0. The predicted octanol–water partition coefficient (Wildman–Crippen LogP) is 2.19. The number of hydrogen-bond acceptors (Lipinski definition) is 4. The summed E-state index contributed by atoms with van der Waals surface area (Å²) in [4.78, 5) is 0. The van der Waals surface area contributed by atoms with E-state index in [2.05, 4.69) is 25.7 Å². The van der Waals surface area contributed by atoms with Crippen LogP contribution in [0.4, 0.5) is 0 Å². The lowest BCUT2D eigenvalue weighted by Gasteiger charge is -1.97. The van der Waals surface area contributed by atoms with Crippen LogP contribution in [0, 0.1) is 13.8 Å². The first kappa shape index (κ1) is 12.3. The summed E-state index contributed by atoms with van der Waals surface area (Å²) in [6.07, 6.45) is 7.75. The highest BCUT2D eigenvalue weighted by Crippen LogP contribution is 2.10. The van der Waals surface area contributed by atoms with Gasteiger partial charge in [-0.15, -0.1) is 5.10 Å². The molecule has 3 heterocycles. The lowest BCUT2D eigenvalue weighted by molar-refractivity contribution is 0.842. The topological polar surface area (TPSA) is 71.8 Å². The van der Waals surface area contributed by atoms with Gasteiger partial charge in [0.1, 0.15) is 5.69 Å². The largest absolute Gasteiger partial charge is 0.213 e. The van der Waals surface area contributed by atoms with Crippen molar-refractivity contribution < 1.29 is 0 Å². The molecule has 0 aromatic carbocycles. The van der Waals surface area contributed by atoms with Gasteiger partial charge in [0.05, 0.1) is 22.6 Å². The van der Waals surface area contributed by atoms with Crippen LogP contribution in [0.15, 0.2) is 30.4 Å². The molecule has 6 nitrogen and oxygen atoms in total. The zero-order chi connectivity index (χ0) is 13.9. The fourth-order valence-electron chi connectivity index (χ4n) is 1.93. The molecule has 0 fully saturated rings. The van der Waals surface area contributed by atoms with Crippen molar-refractivity contribution >= 4 is 17.7 Å². The summed E-state index contributed by atoms with van der Waals surface area (Å²) in [6.45, 7) is 3.86. The Morgan fingerprint density at radius 2 is 1.90 bits per heavy atom. The summed E-state index contributed by atoms with van der Waals surface area (Å²) in [5, 5.41) is 18.8. The first-order chi connectivity index (χ1) is 9.75. The van der Waals surface area contributed by atoms with Crippen molar-refractivity contribution in [2.24, 2.45) is 0 Å². The van der Waals surface area contributed by atoms with Crippen LogP contribution in [0.2, 0.25) is 0 Å². The molecule has 0 spiro atoms. The van der Waals surface area contributed by atoms with Gasteiger partial charge in [-0.05, 0) is 38.1 Å². The number of aryl methyl sites for hydroxylation is 2. The van der Waals surface area contributed by atoms with Gasteiger partial charge in [-0.3, -0.25) is 0 Å². The Labute approximate surface area is 115 Å². The van der Waals surface area contributed by atoms with Gasteiger partial charge >= 0.3 is 0 Å². The van der Waals surface area contributed by atoms with Gasteiger partial charge in [0.25, 0.3) is 0 Å².